The maximum Gasteiger partial charge on any atom is 0.166 e. The smallest absolute Gasteiger partial charge is 0.166 e. The number of rotatable bonds is 2. The molecule has 2 heterocycles. The summed E-state index contributed by atoms with van der Waals surface area (Å²) in [6.45, 7) is 0.883. The van der Waals surface area contributed by atoms with Crippen LogP contribution in [-0.4, -0.2) is 54.5 Å². The predicted molar refractivity (Wildman–Crippen MR) is 87.6 cm³/mol. The molecule has 1 spiro atoms. The lowest BCUT2D eigenvalue weighted by molar-refractivity contribution is -0.184. The number of hydrogen-bond donors (Lipinski definition) is 1. The summed E-state index contributed by atoms with van der Waals surface area (Å²) in [7, 11) is 3.71. The van der Waals surface area contributed by atoms with Crippen LogP contribution >= 0.6 is 0 Å². The van der Waals surface area contributed by atoms with E-state index in [2.05, 4.69) is 23.2 Å². The second-order valence-corrected chi connectivity index (χ2v) is 7.73. The minimum atomic E-state index is -0.879. The summed E-state index contributed by atoms with van der Waals surface area (Å²) < 4.78 is 11.8. The van der Waals surface area contributed by atoms with Gasteiger partial charge in [-0.3, -0.25) is 0 Å². The van der Waals surface area contributed by atoms with Crippen molar-refractivity contribution in [3.8, 4) is 11.5 Å². The molecular formula is C18H22N2O4. The molecule has 1 saturated carbocycles. The molecule has 1 N–H and O–H groups in total. The molecule has 6 heteroatoms. The van der Waals surface area contributed by atoms with Gasteiger partial charge in [-0.25, -0.2) is 0 Å². The van der Waals surface area contributed by atoms with Crippen LogP contribution in [0.25, 0.3) is 0 Å². The van der Waals surface area contributed by atoms with E-state index in [1.165, 1.54) is 5.56 Å². The molecule has 1 saturated heterocycles. The molecule has 2 unspecified atom stereocenters. The number of nitrogens with zero attached hydrogens (tertiary/aromatic N) is 2. The van der Waals surface area contributed by atoms with E-state index in [-0.39, 0.29) is 6.04 Å². The average Bonchev–Trinajstić information content (AvgIpc) is 2.93. The summed E-state index contributed by atoms with van der Waals surface area (Å²) >= 11 is 0. The van der Waals surface area contributed by atoms with E-state index >= 15 is 0 Å². The van der Waals surface area contributed by atoms with Crippen LogP contribution in [0.3, 0.4) is 0 Å². The molecule has 5 atom stereocenters. The highest BCUT2D eigenvalue weighted by Crippen LogP contribution is 2.65. The minimum absolute atomic E-state index is 0.0526. The highest BCUT2D eigenvalue weighted by molar-refractivity contribution is 5.63. The predicted octanol–water partition coefficient (Wildman–Crippen LogP) is 1.61. The number of hydrogen-bond acceptors (Lipinski definition) is 6. The van der Waals surface area contributed by atoms with Gasteiger partial charge in [-0.2, -0.15) is 4.91 Å². The van der Waals surface area contributed by atoms with Gasteiger partial charge in [0.1, 0.15) is 12.1 Å². The van der Waals surface area contributed by atoms with Crippen LogP contribution in [0, 0.1) is 4.91 Å². The topological polar surface area (TPSA) is 71.4 Å². The van der Waals surface area contributed by atoms with Crippen molar-refractivity contribution in [2.75, 3.05) is 20.7 Å². The van der Waals surface area contributed by atoms with Crippen LogP contribution in [0.5, 0.6) is 11.5 Å². The Morgan fingerprint density at radius 1 is 1.42 bits per heavy atom. The van der Waals surface area contributed by atoms with Crippen molar-refractivity contribution < 1.29 is 14.6 Å². The van der Waals surface area contributed by atoms with Crippen LogP contribution in [0.1, 0.15) is 30.4 Å². The van der Waals surface area contributed by atoms with Gasteiger partial charge in [0, 0.05) is 11.6 Å². The summed E-state index contributed by atoms with van der Waals surface area (Å²) in [4.78, 5) is 13.8. The highest BCUT2D eigenvalue weighted by atomic mass is 16.5. The summed E-state index contributed by atoms with van der Waals surface area (Å²) in [5.74, 6) is 1.40. The van der Waals surface area contributed by atoms with Crippen LogP contribution in [0.2, 0.25) is 0 Å². The number of nitroso groups, excluding NO2 is 1. The van der Waals surface area contributed by atoms with Gasteiger partial charge in [0.15, 0.2) is 11.5 Å². The number of benzene rings is 1. The Labute approximate surface area is 140 Å². The number of methoxy groups -OCH3 is 1. The molecule has 6 nitrogen and oxygen atoms in total. The molecule has 128 valence electrons. The first kappa shape index (κ1) is 14.7. The molecule has 2 aliphatic carbocycles. The fourth-order valence-corrected chi connectivity index (χ4v) is 5.98. The lowest BCUT2D eigenvalue weighted by Gasteiger charge is -2.63. The summed E-state index contributed by atoms with van der Waals surface area (Å²) in [6.07, 6.45) is 2.35. The Morgan fingerprint density at radius 2 is 2.25 bits per heavy atom. The van der Waals surface area contributed by atoms with Crippen LogP contribution < -0.4 is 9.47 Å². The fraction of sp³-hybridized carbons (Fsp3) is 0.667. The number of likely N-dealkylation sites (N-methyl/N-ethyl adjacent to an activating group) is 1. The zero-order chi connectivity index (χ0) is 16.7. The quantitative estimate of drug-likeness (QED) is 0.834. The van der Waals surface area contributed by atoms with Gasteiger partial charge in [0.2, 0.25) is 0 Å². The molecule has 1 aromatic rings. The third kappa shape index (κ3) is 1.38. The van der Waals surface area contributed by atoms with Crippen LogP contribution in [0.15, 0.2) is 17.3 Å². The van der Waals surface area contributed by atoms with E-state index in [1.54, 1.807) is 7.11 Å². The molecule has 2 aliphatic heterocycles. The van der Waals surface area contributed by atoms with Gasteiger partial charge >= 0.3 is 0 Å². The van der Waals surface area contributed by atoms with Crippen molar-refractivity contribution in [3.63, 3.8) is 0 Å². The van der Waals surface area contributed by atoms with Gasteiger partial charge in [-0.1, -0.05) is 11.2 Å². The Hall–Kier alpha value is -1.66. The van der Waals surface area contributed by atoms with E-state index in [9.17, 15) is 10.0 Å². The number of ether oxygens (including phenoxy) is 2. The molecular weight excluding hydrogens is 308 g/mol. The van der Waals surface area contributed by atoms with Crippen molar-refractivity contribution in [3.05, 3.63) is 28.2 Å². The Kier molecular flexibility index (Phi) is 2.74. The van der Waals surface area contributed by atoms with E-state index in [0.29, 0.717) is 18.6 Å². The Balaban J connectivity index is 1.83. The van der Waals surface area contributed by atoms with E-state index in [0.717, 1.165) is 30.7 Å². The lowest BCUT2D eigenvalue weighted by Crippen LogP contribution is -2.76. The van der Waals surface area contributed by atoms with E-state index < -0.39 is 23.2 Å². The maximum absolute atomic E-state index is 11.9. The summed E-state index contributed by atoms with van der Waals surface area (Å²) in [5.41, 5.74) is 0.864. The van der Waals surface area contributed by atoms with Crippen molar-refractivity contribution in [1.82, 2.24) is 4.90 Å². The lowest BCUT2D eigenvalue weighted by atomic mass is 9.48. The van der Waals surface area contributed by atoms with Gasteiger partial charge in [-0.05, 0) is 50.9 Å². The van der Waals surface area contributed by atoms with Crippen molar-refractivity contribution in [2.45, 2.75) is 54.9 Å². The third-order valence-corrected chi connectivity index (χ3v) is 7.04. The van der Waals surface area contributed by atoms with Gasteiger partial charge in [0.05, 0.1) is 18.1 Å². The first-order chi connectivity index (χ1) is 11.6. The molecule has 1 aromatic carbocycles. The Bertz CT molecular complexity index is 738. The number of aliphatic hydroxyl groups is 1. The first-order valence-electron chi connectivity index (χ1n) is 8.69. The molecule has 2 bridgehead atoms. The Morgan fingerprint density at radius 3 is 3.00 bits per heavy atom. The second-order valence-electron chi connectivity index (χ2n) is 7.73. The van der Waals surface area contributed by atoms with Gasteiger partial charge in [-0.15, -0.1) is 0 Å². The third-order valence-electron chi connectivity index (χ3n) is 7.04. The minimum Gasteiger partial charge on any atom is -0.493 e. The first-order valence-corrected chi connectivity index (χ1v) is 8.69. The zero-order valence-corrected chi connectivity index (χ0v) is 14.0. The van der Waals surface area contributed by atoms with Crippen molar-refractivity contribution in [1.29, 1.82) is 0 Å². The standard InChI is InChI=1S/C18H22N2O4/c1-20-8-7-17-14-10-3-4-12(23-2)15(14)24-16(17)11(19-22)5-6-18(17,21)13(20)9-10/h3-4,11,13,16,21H,5-9H2,1-2H3/t11?,13?,16-,17-,18+/m0/s1. The maximum atomic E-state index is 11.9. The number of piperidine rings is 1. The van der Waals surface area contributed by atoms with Gasteiger partial charge in [0.25, 0.3) is 0 Å². The molecule has 0 aromatic heterocycles. The van der Waals surface area contributed by atoms with Crippen molar-refractivity contribution >= 4 is 0 Å². The van der Waals surface area contributed by atoms with Crippen molar-refractivity contribution in [2.24, 2.45) is 5.18 Å². The average molecular weight is 330 g/mol. The molecule has 2 fully saturated rings. The van der Waals surface area contributed by atoms with Gasteiger partial charge < -0.3 is 19.5 Å². The SMILES string of the molecule is COc1ccc2c3c1O[C@H]1C(N=O)CC[C@@]4(O)C(C2)N(C)CC[C@]314. The molecule has 0 amide bonds. The fourth-order valence-electron chi connectivity index (χ4n) is 5.98. The largest absolute Gasteiger partial charge is 0.493 e. The highest BCUT2D eigenvalue weighted by Gasteiger charge is 2.73. The van der Waals surface area contributed by atoms with Crippen LogP contribution in [-0.2, 0) is 11.8 Å². The molecule has 5 rings (SSSR count). The number of likely N-dealkylation sites (tertiary alicyclic amines) is 1. The van der Waals surface area contributed by atoms with E-state index in [1.807, 2.05) is 6.07 Å². The second kappa shape index (κ2) is 4.49. The summed E-state index contributed by atoms with van der Waals surface area (Å²) in [5, 5.41) is 15.2. The molecule has 0 radical (unpaired) electrons. The normalized spacial score (nSPS) is 42.2. The molecule has 24 heavy (non-hydrogen) atoms. The molecule has 4 aliphatic rings. The van der Waals surface area contributed by atoms with E-state index in [4.69, 9.17) is 9.47 Å². The van der Waals surface area contributed by atoms with Crippen LogP contribution in [0.4, 0.5) is 0 Å². The monoisotopic (exact) mass is 330 g/mol. The summed E-state index contributed by atoms with van der Waals surface area (Å²) in [6, 6.07) is 3.66. The zero-order valence-electron chi connectivity index (χ0n) is 14.0.